The summed E-state index contributed by atoms with van der Waals surface area (Å²) in [4.78, 5) is 0. The molecule has 0 heterocycles. The van der Waals surface area contributed by atoms with Gasteiger partial charge in [0.1, 0.15) is 0 Å². The average Bonchev–Trinajstić information content (AvgIpc) is 2.71. The lowest BCUT2D eigenvalue weighted by Crippen LogP contribution is -2.02. The fourth-order valence-corrected chi connectivity index (χ4v) is 3.63. The Bertz CT molecular complexity index is 282. The number of aliphatic hydroxyl groups excluding tert-OH is 2. The van der Waals surface area contributed by atoms with E-state index in [0.717, 1.165) is 25.7 Å². The molecule has 0 rings (SSSR count). The lowest BCUT2D eigenvalue weighted by Gasteiger charge is -2.03. The highest BCUT2D eigenvalue weighted by Crippen LogP contribution is 2.12. The van der Waals surface area contributed by atoms with Gasteiger partial charge in [0.05, 0.1) is 0 Å². The molecule has 0 amide bonds. The van der Waals surface area contributed by atoms with Crippen molar-refractivity contribution in [2.24, 2.45) is 0 Å². The molecule has 0 radical (unpaired) electrons. The van der Waals surface area contributed by atoms with Gasteiger partial charge in [0.15, 0.2) is 12.6 Å². The first-order valence-electron chi connectivity index (χ1n) is 13.3. The van der Waals surface area contributed by atoms with Crippen LogP contribution in [0.3, 0.4) is 0 Å². The smallest absolute Gasteiger partial charge is 0.151 e. The lowest BCUT2D eigenvalue weighted by molar-refractivity contribution is -0.0472. The van der Waals surface area contributed by atoms with Crippen molar-refractivity contribution < 1.29 is 20.4 Å². The Hall–Kier alpha value is -0.160. The monoisotopic (exact) mass is 432 g/mol. The van der Waals surface area contributed by atoms with Crippen molar-refractivity contribution in [1.29, 1.82) is 0 Å². The van der Waals surface area contributed by atoms with Crippen LogP contribution < -0.4 is 0 Å². The van der Waals surface area contributed by atoms with Crippen LogP contribution in [0.4, 0.5) is 0 Å². The van der Waals surface area contributed by atoms with Gasteiger partial charge in [-0.3, -0.25) is 0 Å². The summed E-state index contributed by atoms with van der Waals surface area (Å²) in [5.41, 5.74) is 0. The summed E-state index contributed by atoms with van der Waals surface area (Å²) in [7, 11) is 0. The molecular formula is C26H56O4. The van der Waals surface area contributed by atoms with E-state index in [9.17, 15) is 0 Å². The molecule has 0 atom stereocenters. The third kappa shape index (κ3) is 35.3. The largest absolute Gasteiger partial charge is 0.368 e. The highest BCUT2D eigenvalue weighted by atomic mass is 16.5. The van der Waals surface area contributed by atoms with Crippen LogP contribution in [0.15, 0.2) is 0 Å². The summed E-state index contributed by atoms with van der Waals surface area (Å²) in [6.45, 7) is 4.49. The Morgan fingerprint density at radius 1 is 0.333 bits per heavy atom. The summed E-state index contributed by atoms with van der Waals surface area (Å²) in [5, 5.41) is 34.5. The van der Waals surface area contributed by atoms with E-state index in [2.05, 4.69) is 13.8 Å². The molecule has 0 aliphatic heterocycles. The highest BCUT2D eigenvalue weighted by molar-refractivity contribution is 4.49. The lowest BCUT2D eigenvalue weighted by atomic mass is 10.1. The van der Waals surface area contributed by atoms with E-state index >= 15 is 0 Å². The van der Waals surface area contributed by atoms with Gasteiger partial charge in [-0.1, -0.05) is 129 Å². The minimum absolute atomic E-state index is 0.538. The third-order valence-electron chi connectivity index (χ3n) is 5.63. The molecule has 4 N–H and O–H groups in total. The van der Waals surface area contributed by atoms with Crippen LogP contribution in [-0.4, -0.2) is 33.0 Å². The zero-order valence-electron chi connectivity index (χ0n) is 20.5. The minimum Gasteiger partial charge on any atom is -0.368 e. The van der Waals surface area contributed by atoms with Gasteiger partial charge < -0.3 is 20.4 Å². The van der Waals surface area contributed by atoms with Crippen molar-refractivity contribution in [2.45, 2.75) is 168 Å². The number of hydrogen-bond acceptors (Lipinski definition) is 4. The van der Waals surface area contributed by atoms with Gasteiger partial charge in [0.25, 0.3) is 0 Å². The SMILES string of the molecule is CCCCCCCCCCCC(O)O.CCCCCCCCCCCCCC(O)O. The molecule has 0 aliphatic rings. The Kier molecular flexibility index (Phi) is 30.8. The molecule has 30 heavy (non-hydrogen) atoms. The Labute approximate surface area is 188 Å². The van der Waals surface area contributed by atoms with Gasteiger partial charge in [-0.05, 0) is 25.7 Å². The molecule has 0 aliphatic carbocycles. The standard InChI is InChI=1S/C14H30O2.C12H26O2/c1-2-3-4-5-6-7-8-9-10-11-12-13-14(15)16;1-2-3-4-5-6-7-8-9-10-11-12(13)14/h14-16H,2-13H2,1H3;12-14H,2-11H2,1H3. The van der Waals surface area contributed by atoms with Crippen LogP contribution in [0.1, 0.15) is 155 Å². The van der Waals surface area contributed by atoms with Crippen molar-refractivity contribution in [2.75, 3.05) is 0 Å². The van der Waals surface area contributed by atoms with Crippen molar-refractivity contribution in [3.63, 3.8) is 0 Å². The van der Waals surface area contributed by atoms with Gasteiger partial charge in [-0.2, -0.15) is 0 Å². The van der Waals surface area contributed by atoms with Crippen LogP contribution in [0, 0.1) is 0 Å². The molecule has 0 fully saturated rings. The van der Waals surface area contributed by atoms with Gasteiger partial charge >= 0.3 is 0 Å². The molecule has 0 bridgehead atoms. The molecule has 0 aromatic carbocycles. The zero-order chi connectivity index (χ0) is 22.7. The molecule has 4 nitrogen and oxygen atoms in total. The topological polar surface area (TPSA) is 80.9 Å². The number of aliphatic hydroxyl groups is 4. The number of hydrogen-bond donors (Lipinski definition) is 4. The number of unbranched alkanes of at least 4 members (excludes halogenated alkanes) is 18. The zero-order valence-corrected chi connectivity index (χ0v) is 20.5. The maximum Gasteiger partial charge on any atom is 0.151 e. The van der Waals surface area contributed by atoms with E-state index in [1.165, 1.54) is 103 Å². The summed E-state index contributed by atoms with van der Waals surface area (Å²) in [6.07, 6.45) is 24.7. The molecular weight excluding hydrogens is 376 g/mol. The molecule has 4 heteroatoms. The van der Waals surface area contributed by atoms with Crippen LogP contribution in [0.25, 0.3) is 0 Å². The first kappa shape index (κ1) is 32.0. The van der Waals surface area contributed by atoms with Gasteiger partial charge in [-0.15, -0.1) is 0 Å². The summed E-state index contributed by atoms with van der Waals surface area (Å²) in [6, 6.07) is 0. The number of rotatable bonds is 22. The first-order chi connectivity index (χ1) is 14.5. The fourth-order valence-electron chi connectivity index (χ4n) is 3.63. The normalized spacial score (nSPS) is 11.2. The molecule has 0 aromatic rings. The molecule has 0 saturated carbocycles. The van der Waals surface area contributed by atoms with Crippen molar-refractivity contribution in [3.05, 3.63) is 0 Å². The van der Waals surface area contributed by atoms with Crippen molar-refractivity contribution >= 4 is 0 Å². The summed E-state index contributed by atoms with van der Waals surface area (Å²) >= 11 is 0. The van der Waals surface area contributed by atoms with E-state index in [0.29, 0.717) is 12.8 Å². The first-order valence-corrected chi connectivity index (χ1v) is 13.3. The second kappa shape index (κ2) is 28.8. The van der Waals surface area contributed by atoms with Crippen LogP contribution in [0.5, 0.6) is 0 Å². The second-order valence-electron chi connectivity index (χ2n) is 8.90. The van der Waals surface area contributed by atoms with E-state index in [1.54, 1.807) is 0 Å². The Balaban J connectivity index is 0. The Morgan fingerprint density at radius 3 is 0.733 bits per heavy atom. The quantitative estimate of drug-likeness (QED) is 0.108. The molecule has 0 saturated heterocycles. The molecule has 0 aromatic heterocycles. The molecule has 0 unspecified atom stereocenters. The van der Waals surface area contributed by atoms with Gasteiger partial charge in [0.2, 0.25) is 0 Å². The second-order valence-corrected chi connectivity index (χ2v) is 8.90. The van der Waals surface area contributed by atoms with E-state index in [4.69, 9.17) is 20.4 Å². The van der Waals surface area contributed by atoms with E-state index in [1.807, 2.05) is 0 Å². The average molecular weight is 433 g/mol. The van der Waals surface area contributed by atoms with Crippen LogP contribution >= 0.6 is 0 Å². The van der Waals surface area contributed by atoms with Crippen molar-refractivity contribution in [1.82, 2.24) is 0 Å². The van der Waals surface area contributed by atoms with E-state index in [-0.39, 0.29) is 0 Å². The maximum absolute atomic E-state index is 8.65. The molecule has 184 valence electrons. The van der Waals surface area contributed by atoms with Crippen LogP contribution in [0.2, 0.25) is 0 Å². The van der Waals surface area contributed by atoms with Gasteiger partial charge in [-0.25, -0.2) is 0 Å². The minimum atomic E-state index is -1.10. The summed E-state index contributed by atoms with van der Waals surface area (Å²) in [5.74, 6) is 0. The predicted molar refractivity (Wildman–Crippen MR) is 129 cm³/mol. The highest BCUT2D eigenvalue weighted by Gasteiger charge is 1.98. The third-order valence-corrected chi connectivity index (χ3v) is 5.63. The predicted octanol–water partition coefficient (Wildman–Crippen LogP) is 7.22. The van der Waals surface area contributed by atoms with Crippen LogP contribution in [-0.2, 0) is 0 Å². The van der Waals surface area contributed by atoms with E-state index < -0.39 is 12.6 Å². The molecule has 0 spiro atoms. The fraction of sp³-hybridized carbons (Fsp3) is 1.00. The maximum atomic E-state index is 8.65. The summed E-state index contributed by atoms with van der Waals surface area (Å²) < 4.78 is 0. The van der Waals surface area contributed by atoms with Gasteiger partial charge in [0, 0.05) is 0 Å². The Morgan fingerprint density at radius 2 is 0.533 bits per heavy atom. The van der Waals surface area contributed by atoms with Crippen molar-refractivity contribution in [3.8, 4) is 0 Å².